The van der Waals surface area contributed by atoms with Crippen molar-refractivity contribution in [3.05, 3.63) is 75.5 Å². The number of carbonyl (C=O) groups excluding carboxylic acids is 1. The Morgan fingerprint density at radius 3 is 2.79 bits per heavy atom. The third kappa shape index (κ3) is 4.30. The van der Waals surface area contributed by atoms with E-state index in [-0.39, 0.29) is 11.9 Å². The molecule has 0 amide bonds. The number of aromatic nitrogens is 4. The minimum Gasteiger partial charge on any atom is -0.485 e. The topological polar surface area (TPSA) is 71.2 Å². The highest BCUT2D eigenvalue weighted by Crippen LogP contribution is 2.36. The minimum atomic E-state index is -0.348. The predicted molar refractivity (Wildman–Crippen MR) is 129 cm³/mol. The van der Waals surface area contributed by atoms with E-state index in [4.69, 9.17) is 9.47 Å². The molecule has 1 atom stereocenters. The predicted octanol–water partition coefficient (Wildman–Crippen LogP) is 4.83. The molecule has 7 nitrogen and oxygen atoms in total. The number of hydrogen-bond donors (Lipinski definition) is 0. The number of Topliss-reactive ketones (excluding diaryl/α,β-unsaturated/α-hetero) is 1. The number of thioether (sulfide) groups is 1. The van der Waals surface area contributed by atoms with Crippen LogP contribution in [0.25, 0.3) is 0 Å². The summed E-state index contributed by atoms with van der Waals surface area (Å²) in [5, 5.41) is 11.4. The summed E-state index contributed by atoms with van der Waals surface area (Å²) in [6, 6.07) is 13.7. The summed E-state index contributed by atoms with van der Waals surface area (Å²) in [7, 11) is 1.89. The fraction of sp³-hybridized carbons (Fsp3) is 0.292. The van der Waals surface area contributed by atoms with Crippen molar-refractivity contribution >= 4 is 28.9 Å². The van der Waals surface area contributed by atoms with Crippen LogP contribution in [-0.4, -0.2) is 37.5 Å². The molecule has 9 heteroatoms. The van der Waals surface area contributed by atoms with E-state index >= 15 is 0 Å². The maximum absolute atomic E-state index is 13.0. The van der Waals surface area contributed by atoms with Gasteiger partial charge in [-0.25, -0.2) is 0 Å². The Kier molecular flexibility index (Phi) is 5.99. The van der Waals surface area contributed by atoms with Gasteiger partial charge in [0, 0.05) is 28.9 Å². The van der Waals surface area contributed by atoms with E-state index in [1.54, 1.807) is 11.3 Å². The number of para-hydroxylation sites is 2. The molecule has 1 aromatic carbocycles. The van der Waals surface area contributed by atoms with E-state index in [1.165, 1.54) is 16.6 Å². The van der Waals surface area contributed by atoms with Gasteiger partial charge in [-0.1, -0.05) is 30.0 Å². The van der Waals surface area contributed by atoms with Crippen molar-refractivity contribution in [1.82, 2.24) is 19.3 Å². The second-order valence-electron chi connectivity index (χ2n) is 7.93. The van der Waals surface area contributed by atoms with Crippen molar-refractivity contribution in [2.24, 2.45) is 7.05 Å². The van der Waals surface area contributed by atoms with Gasteiger partial charge in [0.15, 0.2) is 34.4 Å². The lowest BCUT2D eigenvalue weighted by Gasteiger charge is -2.25. The SMILES string of the molecule is Cc1cc(C(=O)CSc2nnc([C@H]3COc4ccccc4O3)n2C)c(C)n1Cc1cccs1. The zero-order valence-electron chi connectivity index (χ0n) is 18.6. The number of nitrogens with zero attached hydrogens (tertiary/aromatic N) is 4. The quantitative estimate of drug-likeness (QED) is 0.279. The van der Waals surface area contributed by atoms with Crippen LogP contribution in [0.4, 0.5) is 0 Å². The Hall–Kier alpha value is -3.04. The molecule has 0 bridgehead atoms. The Balaban J connectivity index is 1.26. The molecular formula is C24H24N4O3S2. The van der Waals surface area contributed by atoms with Gasteiger partial charge in [-0.05, 0) is 43.5 Å². The van der Waals surface area contributed by atoms with Gasteiger partial charge in [-0.3, -0.25) is 4.79 Å². The Labute approximate surface area is 200 Å². The van der Waals surface area contributed by atoms with Gasteiger partial charge in [-0.2, -0.15) is 0 Å². The van der Waals surface area contributed by atoms with Crippen LogP contribution in [0.5, 0.6) is 11.5 Å². The molecule has 1 aliphatic heterocycles. The molecule has 5 rings (SSSR count). The fourth-order valence-electron chi connectivity index (χ4n) is 3.97. The van der Waals surface area contributed by atoms with Crippen LogP contribution in [-0.2, 0) is 13.6 Å². The van der Waals surface area contributed by atoms with Crippen molar-refractivity contribution in [2.75, 3.05) is 12.4 Å². The van der Waals surface area contributed by atoms with Gasteiger partial charge in [-0.15, -0.1) is 21.5 Å². The number of hydrogen-bond acceptors (Lipinski definition) is 7. The molecule has 3 aromatic heterocycles. The molecule has 170 valence electrons. The Morgan fingerprint density at radius 2 is 2.00 bits per heavy atom. The van der Waals surface area contributed by atoms with Crippen molar-refractivity contribution in [1.29, 1.82) is 0 Å². The van der Waals surface area contributed by atoms with Crippen molar-refractivity contribution in [3.63, 3.8) is 0 Å². The summed E-state index contributed by atoms with van der Waals surface area (Å²) < 4.78 is 15.9. The van der Waals surface area contributed by atoms with Gasteiger partial charge in [0.1, 0.15) is 6.61 Å². The molecule has 0 saturated heterocycles. The maximum Gasteiger partial charge on any atom is 0.192 e. The number of ether oxygens (including phenoxy) is 2. The summed E-state index contributed by atoms with van der Waals surface area (Å²) in [6.07, 6.45) is -0.348. The molecule has 0 radical (unpaired) electrons. The molecule has 33 heavy (non-hydrogen) atoms. The van der Waals surface area contributed by atoms with Gasteiger partial charge in [0.25, 0.3) is 0 Å². The highest BCUT2D eigenvalue weighted by molar-refractivity contribution is 7.99. The van der Waals surface area contributed by atoms with E-state index in [0.717, 1.165) is 29.2 Å². The van der Waals surface area contributed by atoms with Crippen molar-refractivity contribution in [2.45, 2.75) is 31.7 Å². The molecule has 0 spiro atoms. The molecule has 0 saturated carbocycles. The highest BCUT2D eigenvalue weighted by atomic mass is 32.2. The second kappa shape index (κ2) is 9.07. The monoisotopic (exact) mass is 480 g/mol. The average Bonchev–Trinajstić information content (AvgIpc) is 3.54. The first-order chi connectivity index (χ1) is 16.0. The lowest BCUT2D eigenvalue weighted by molar-refractivity contribution is 0.0825. The molecule has 4 aromatic rings. The third-order valence-electron chi connectivity index (χ3n) is 5.77. The number of rotatable bonds is 7. The normalized spacial score (nSPS) is 15.1. The first kappa shape index (κ1) is 21.8. The van der Waals surface area contributed by atoms with Crippen LogP contribution in [0.3, 0.4) is 0 Å². The van der Waals surface area contributed by atoms with Gasteiger partial charge < -0.3 is 18.6 Å². The van der Waals surface area contributed by atoms with Crippen molar-refractivity contribution in [3.8, 4) is 11.5 Å². The summed E-state index contributed by atoms with van der Waals surface area (Å²) in [6.45, 7) is 5.21. The standard InChI is InChI=1S/C24H24N4O3S2/c1-15-11-18(16(2)28(15)12-17-7-6-10-32-17)19(29)14-33-24-26-25-23(27(24)3)22-13-30-20-8-4-5-9-21(20)31-22/h4-11,22H,12-14H2,1-3H3/t22-/m1/s1. The van der Waals surface area contributed by atoms with E-state index in [2.05, 4.69) is 32.3 Å². The number of fused-ring (bicyclic) bond motifs is 1. The zero-order valence-corrected chi connectivity index (χ0v) is 20.3. The minimum absolute atomic E-state index is 0.0845. The molecule has 1 aliphatic rings. The number of carbonyl (C=O) groups is 1. The fourth-order valence-corrected chi connectivity index (χ4v) is 5.47. The molecule has 0 unspecified atom stereocenters. The Morgan fingerprint density at radius 1 is 1.18 bits per heavy atom. The summed E-state index contributed by atoms with van der Waals surface area (Å²) in [5.41, 5.74) is 2.85. The van der Waals surface area contributed by atoms with Gasteiger partial charge in [0.2, 0.25) is 0 Å². The average molecular weight is 481 g/mol. The van der Waals surface area contributed by atoms with Gasteiger partial charge >= 0.3 is 0 Å². The molecule has 4 heterocycles. The second-order valence-corrected chi connectivity index (χ2v) is 9.90. The van der Waals surface area contributed by atoms with E-state index in [9.17, 15) is 4.79 Å². The van der Waals surface area contributed by atoms with Crippen LogP contribution < -0.4 is 9.47 Å². The number of aryl methyl sites for hydroxylation is 1. The van der Waals surface area contributed by atoms with Gasteiger partial charge in [0.05, 0.1) is 12.3 Å². The van der Waals surface area contributed by atoms with E-state index < -0.39 is 0 Å². The highest BCUT2D eigenvalue weighted by Gasteiger charge is 2.27. The largest absolute Gasteiger partial charge is 0.485 e. The summed E-state index contributed by atoms with van der Waals surface area (Å²) in [5.74, 6) is 2.47. The van der Waals surface area contributed by atoms with Crippen LogP contribution in [0.1, 0.15) is 38.6 Å². The maximum atomic E-state index is 13.0. The van der Waals surface area contributed by atoms with E-state index in [1.807, 2.05) is 55.8 Å². The van der Waals surface area contributed by atoms with Crippen LogP contribution in [0, 0.1) is 13.8 Å². The lowest BCUT2D eigenvalue weighted by Crippen LogP contribution is -2.24. The zero-order chi connectivity index (χ0) is 22.9. The molecule has 0 aliphatic carbocycles. The molecule has 0 fully saturated rings. The first-order valence-corrected chi connectivity index (χ1v) is 12.5. The lowest BCUT2D eigenvalue weighted by atomic mass is 10.2. The smallest absolute Gasteiger partial charge is 0.192 e. The third-order valence-corrected chi connectivity index (χ3v) is 7.65. The van der Waals surface area contributed by atoms with Crippen molar-refractivity contribution < 1.29 is 14.3 Å². The van der Waals surface area contributed by atoms with Crippen LogP contribution in [0.2, 0.25) is 0 Å². The number of benzene rings is 1. The summed E-state index contributed by atoms with van der Waals surface area (Å²) >= 11 is 3.11. The van der Waals surface area contributed by atoms with Crippen LogP contribution in [0.15, 0.2) is 53.0 Å². The van der Waals surface area contributed by atoms with Crippen LogP contribution >= 0.6 is 23.1 Å². The molecule has 0 N–H and O–H groups in total. The number of thiophene rings is 1. The summed E-state index contributed by atoms with van der Waals surface area (Å²) in [4.78, 5) is 14.3. The Bertz CT molecular complexity index is 1290. The number of ketones is 1. The van der Waals surface area contributed by atoms with E-state index in [0.29, 0.717) is 29.1 Å². The first-order valence-electron chi connectivity index (χ1n) is 10.6. The molecular weight excluding hydrogens is 456 g/mol.